The molecule has 37 heavy (non-hydrogen) atoms. The van der Waals surface area contributed by atoms with Gasteiger partial charge in [0.1, 0.15) is 11.6 Å². The topological polar surface area (TPSA) is 103 Å². The minimum Gasteiger partial charge on any atom is -0.366 e. The molecule has 2 heterocycles. The van der Waals surface area contributed by atoms with E-state index in [1.165, 1.54) is 7.11 Å². The Morgan fingerprint density at radius 2 is 1.70 bits per heavy atom. The van der Waals surface area contributed by atoms with E-state index in [-0.39, 0.29) is 5.70 Å². The van der Waals surface area contributed by atoms with E-state index in [1.54, 1.807) is 24.3 Å². The molecule has 3 unspecified atom stereocenters. The lowest BCUT2D eigenvalue weighted by Gasteiger charge is -2.36. The Morgan fingerprint density at radius 1 is 1.05 bits per heavy atom. The molecule has 0 aliphatic carbocycles. The molecule has 1 N–H and O–H groups in total. The number of rotatable bonds is 8. The van der Waals surface area contributed by atoms with E-state index in [9.17, 15) is 19.7 Å². The fraction of sp³-hybridized carbons (Fsp3) is 0.207. The van der Waals surface area contributed by atoms with Gasteiger partial charge in [-0.15, -0.1) is 0 Å². The predicted molar refractivity (Wildman–Crippen MR) is 138 cm³/mol. The Kier molecular flexibility index (Phi) is 6.44. The van der Waals surface area contributed by atoms with E-state index in [4.69, 9.17) is 4.74 Å². The first kappa shape index (κ1) is 24.2. The molecule has 3 atom stereocenters. The fourth-order valence-electron chi connectivity index (χ4n) is 5.57. The summed E-state index contributed by atoms with van der Waals surface area (Å²) in [4.78, 5) is 37.2. The van der Waals surface area contributed by atoms with Gasteiger partial charge in [0.05, 0.1) is 11.8 Å². The molecule has 5 rings (SSSR count). The number of para-hydroxylation sites is 1. The van der Waals surface area contributed by atoms with Crippen LogP contribution in [-0.4, -0.2) is 40.6 Å². The van der Waals surface area contributed by atoms with E-state index < -0.39 is 34.8 Å². The van der Waals surface area contributed by atoms with Crippen molar-refractivity contribution in [3.63, 3.8) is 0 Å². The van der Waals surface area contributed by atoms with Crippen molar-refractivity contribution in [1.82, 2.24) is 9.88 Å². The second kappa shape index (κ2) is 9.85. The zero-order chi connectivity index (χ0) is 26.0. The number of amides is 1. The number of benzene rings is 3. The maximum Gasteiger partial charge on any atom is 0.258 e. The quantitative estimate of drug-likeness (QED) is 0.226. The molecule has 1 amide bonds. The van der Waals surface area contributed by atoms with Crippen LogP contribution in [0.1, 0.15) is 28.5 Å². The number of carbonyl (C=O) groups is 1. The zero-order valence-corrected chi connectivity index (χ0v) is 20.2. The second-order valence-corrected chi connectivity index (χ2v) is 9.09. The SMILES string of the molecule is COC1(C(C[N+](=O)[O-])c2cn(Cc3ccccc3)c3ccccc23)C(=O)NC(=C=O)C1c1ccccc1. The van der Waals surface area contributed by atoms with Gasteiger partial charge in [0.25, 0.3) is 5.91 Å². The summed E-state index contributed by atoms with van der Waals surface area (Å²) in [6.07, 6.45) is 1.87. The molecule has 3 aromatic carbocycles. The van der Waals surface area contributed by atoms with E-state index in [0.717, 1.165) is 16.5 Å². The molecular formula is C29H25N3O5. The highest BCUT2D eigenvalue weighted by molar-refractivity contribution is 5.97. The molecule has 4 aromatic rings. The van der Waals surface area contributed by atoms with Crippen molar-refractivity contribution in [1.29, 1.82) is 0 Å². The summed E-state index contributed by atoms with van der Waals surface area (Å²) in [6, 6.07) is 26.4. The Labute approximate surface area is 213 Å². The molecule has 0 spiro atoms. The Hall–Kier alpha value is -4.52. The number of carbonyl (C=O) groups excluding carboxylic acids is 2. The highest BCUT2D eigenvalue weighted by Gasteiger charge is 2.62. The number of fused-ring (bicyclic) bond motifs is 1. The van der Waals surface area contributed by atoms with Crippen LogP contribution >= 0.6 is 0 Å². The van der Waals surface area contributed by atoms with Crippen molar-refractivity contribution < 1.29 is 19.2 Å². The summed E-state index contributed by atoms with van der Waals surface area (Å²) < 4.78 is 8.00. The van der Waals surface area contributed by atoms with Gasteiger partial charge < -0.3 is 14.6 Å². The molecule has 1 aromatic heterocycles. The molecular weight excluding hydrogens is 470 g/mol. The number of hydrogen-bond donors (Lipinski definition) is 1. The summed E-state index contributed by atoms with van der Waals surface area (Å²) in [5, 5.41) is 15.5. The van der Waals surface area contributed by atoms with Crippen molar-refractivity contribution in [2.45, 2.75) is 24.0 Å². The minimum absolute atomic E-state index is 0.000535. The summed E-state index contributed by atoms with van der Waals surface area (Å²) in [5.41, 5.74) is 1.43. The standard InChI is InChI=1S/C29H25N3O5/c1-37-29(27(21-12-6-3-7-13-21)25(19-33)30-28(29)34)24(18-32(35)36)23-17-31(16-20-10-4-2-5-11-20)26-15-9-8-14-22(23)26/h2-15,17,24,27H,16,18H2,1H3,(H,30,34). The highest BCUT2D eigenvalue weighted by Crippen LogP contribution is 2.50. The van der Waals surface area contributed by atoms with Gasteiger partial charge in [0.2, 0.25) is 6.54 Å². The van der Waals surface area contributed by atoms with Gasteiger partial charge in [-0.2, -0.15) is 0 Å². The Bertz CT molecular complexity index is 1510. The number of aromatic nitrogens is 1. The first-order chi connectivity index (χ1) is 18.0. The summed E-state index contributed by atoms with van der Waals surface area (Å²) in [7, 11) is 1.36. The van der Waals surface area contributed by atoms with Crippen molar-refractivity contribution in [3.05, 3.63) is 124 Å². The van der Waals surface area contributed by atoms with Crippen LogP contribution in [0.2, 0.25) is 0 Å². The normalized spacial score (nSPS) is 20.0. The van der Waals surface area contributed by atoms with Gasteiger partial charge in [-0.05, 0) is 22.8 Å². The Morgan fingerprint density at radius 3 is 2.35 bits per heavy atom. The van der Waals surface area contributed by atoms with Crippen LogP contribution in [0.4, 0.5) is 0 Å². The van der Waals surface area contributed by atoms with Crippen molar-refractivity contribution in [2.75, 3.05) is 13.7 Å². The summed E-state index contributed by atoms with van der Waals surface area (Å²) in [5.74, 6) is -0.664. The van der Waals surface area contributed by atoms with Gasteiger partial charge in [-0.3, -0.25) is 14.9 Å². The number of ether oxygens (including phenoxy) is 1. The smallest absolute Gasteiger partial charge is 0.258 e. The zero-order valence-electron chi connectivity index (χ0n) is 20.2. The van der Waals surface area contributed by atoms with Crippen molar-refractivity contribution in [2.24, 2.45) is 0 Å². The number of nitrogens with zero attached hydrogens (tertiary/aromatic N) is 2. The van der Waals surface area contributed by atoms with E-state index in [0.29, 0.717) is 17.7 Å². The molecule has 1 fully saturated rings. The van der Waals surface area contributed by atoms with Crippen LogP contribution in [0.25, 0.3) is 10.9 Å². The molecule has 0 radical (unpaired) electrons. The number of nitrogens with one attached hydrogen (secondary N) is 1. The van der Waals surface area contributed by atoms with Crippen LogP contribution in [0, 0.1) is 10.1 Å². The first-order valence-corrected chi connectivity index (χ1v) is 11.9. The molecule has 1 aliphatic heterocycles. The van der Waals surface area contributed by atoms with E-state index >= 15 is 0 Å². The first-order valence-electron chi connectivity index (χ1n) is 11.9. The largest absolute Gasteiger partial charge is 0.366 e. The monoisotopic (exact) mass is 495 g/mol. The predicted octanol–water partition coefficient (Wildman–Crippen LogP) is 4.06. The maximum absolute atomic E-state index is 13.6. The van der Waals surface area contributed by atoms with Crippen LogP contribution in [0.3, 0.4) is 0 Å². The number of methoxy groups -OCH3 is 1. The summed E-state index contributed by atoms with van der Waals surface area (Å²) in [6.45, 7) is -0.0314. The third-order valence-corrected chi connectivity index (χ3v) is 7.14. The molecule has 1 aliphatic rings. The molecule has 0 saturated carbocycles. The van der Waals surface area contributed by atoms with Crippen molar-refractivity contribution in [3.8, 4) is 0 Å². The third kappa shape index (κ3) is 4.12. The Balaban J connectivity index is 1.74. The van der Waals surface area contributed by atoms with Gasteiger partial charge in [-0.25, -0.2) is 4.79 Å². The molecule has 186 valence electrons. The number of hydrogen-bond acceptors (Lipinski definition) is 5. The van der Waals surface area contributed by atoms with Crippen LogP contribution in [0.15, 0.2) is 96.8 Å². The third-order valence-electron chi connectivity index (χ3n) is 7.14. The average molecular weight is 496 g/mol. The van der Waals surface area contributed by atoms with E-state index in [1.807, 2.05) is 77.4 Å². The molecule has 8 heteroatoms. The number of nitro groups is 1. The molecule has 8 nitrogen and oxygen atoms in total. The van der Waals surface area contributed by atoms with Gasteiger partial charge in [-0.1, -0.05) is 78.9 Å². The highest BCUT2D eigenvalue weighted by atomic mass is 16.6. The average Bonchev–Trinajstić information content (AvgIpc) is 3.43. The van der Waals surface area contributed by atoms with E-state index in [2.05, 4.69) is 5.32 Å². The van der Waals surface area contributed by atoms with Gasteiger partial charge >= 0.3 is 0 Å². The van der Waals surface area contributed by atoms with Crippen LogP contribution in [-0.2, 0) is 20.9 Å². The van der Waals surface area contributed by atoms with Gasteiger partial charge in [0, 0.05) is 35.7 Å². The minimum atomic E-state index is -1.75. The van der Waals surface area contributed by atoms with Gasteiger partial charge in [0.15, 0.2) is 5.60 Å². The lowest BCUT2D eigenvalue weighted by Crippen LogP contribution is -2.51. The maximum atomic E-state index is 13.6. The fourth-order valence-corrected chi connectivity index (χ4v) is 5.57. The van der Waals surface area contributed by atoms with Crippen LogP contribution < -0.4 is 5.32 Å². The van der Waals surface area contributed by atoms with Crippen molar-refractivity contribution >= 4 is 22.8 Å². The molecule has 0 bridgehead atoms. The lowest BCUT2D eigenvalue weighted by atomic mass is 9.71. The van der Waals surface area contributed by atoms with Crippen LogP contribution in [0.5, 0.6) is 0 Å². The lowest BCUT2D eigenvalue weighted by molar-refractivity contribution is -0.486. The second-order valence-electron chi connectivity index (χ2n) is 9.09. The molecule has 1 saturated heterocycles. The summed E-state index contributed by atoms with van der Waals surface area (Å²) >= 11 is 0.